The van der Waals surface area contributed by atoms with Crippen molar-refractivity contribution in [1.29, 1.82) is 0 Å². The van der Waals surface area contributed by atoms with Crippen LogP contribution < -0.4 is 5.73 Å². The number of nitrogens with zero attached hydrogens (tertiary/aromatic N) is 1. The van der Waals surface area contributed by atoms with E-state index in [-0.39, 0.29) is 30.2 Å². The molecule has 1 fully saturated rings. The van der Waals surface area contributed by atoms with Crippen LogP contribution in [0.2, 0.25) is 0 Å². The molecule has 0 unspecified atom stereocenters. The molecule has 3 nitrogen and oxygen atoms in total. The highest BCUT2D eigenvalue weighted by Crippen LogP contribution is 2.21. The van der Waals surface area contributed by atoms with Crippen molar-refractivity contribution in [3.8, 4) is 0 Å². The summed E-state index contributed by atoms with van der Waals surface area (Å²) in [5.74, 6) is -0.248. The Morgan fingerprint density at radius 2 is 2.05 bits per heavy atom. The van der Waals surface area contributed by atoms with E-state index in [4.69, 9.17) is 5.73 Å². The molecule has 0 radical (unpaired) electrons. The number of rotatable bonds is 3. The molecule has 0 aromatic heterocycles. The molecule has 2 N–H and O–H groups in total. The summed E-state index contributed by atoms with van der Waals surface area (Å²) in [6, 6.07) is 6.79. The van der Waals surface area contributed by atoms with Gasteiger partial charge in [-0.05, 0) is 43.4 Å². The number of carbonyl (C=O) groups excluding carboxylic acids is 1. The SMILES string of the molecule is CN(C(=O)Cc1cccc(F)c1)C1CCC(N)CC1. The van der Waals surface area contributed by atoms with Crippen LogP contribution in [0, 0.1) is 5.82 Å². The van der Waals surface area contributed by atoms with E-state index >= 15 is 0 Å². The van der Waals surface area contributed by atoms with Crippen molar-refractivity contribution in [2.24, 2.45) is 5.73 Å². The van der Waals surface area contributed by atoms with Crippen LogP contribution in [0.5, 0.6) is 0 Å². The zero-order chi connectivity index (χ0) is 13.8. The van der Waals surface area contributed by atoms with Crippen molar-refractivity contribution in [2.45, 2.75) is 44.2 Å². The van der Waals surface area contributed by atoms with Crippen molar-refractivity contribution in [3.63, 3.8) is 0 Å². The Kier molecular flexibility index (Phi) is 4.53. The van der Waals surface area contributed by atoms with E-state index in [1.807, 2.05) is 7.05 Å². The van der Waals surface area contributed by atoms with Gasteiger partial charge in [-0.15, -0.1) is 0 Å². The van der Waals surface area contributed by atoms with Gasteiger partial charge in [-0.3, -0.25) is 4.79 Å². The Bertz CT molecular complexity index is 442. The molecule has 19 heavy (non-hydrogen) atoms. The summed E-state index contributed by atoms with van der Waals surface area (Å²) in [6.45, 7) is 0. The van der Waals surface area contributed by atoms with E-state index in [1.165, 1.54) is 12.1 Å². The number of nitrogens with two attached hydrogens (primary N) is 1. The predicted octanol–water partition coefficient (Wildman–Crippen LogP) is 2.10. The van der Waals surface area contributed by atoms with Gasteiger partial charge in [0.2, 0.25) is 5.91 Å². The highest BCUT2D eigenvalue weighted by molar-refractivity contribution is 5.78. The molecule has 0 atom stereocenters. The van der Waals surface area contributed by atoms with E-state index in [9.17, 15) is 9.18 Å². The smallest absolute Gasteiger partial charge is 0.226 e. The highest BCUT2D eigenvalue weighted by atomic mass is 19.1. The minimum absolute atomic E-state index is 0.0473. The maximum atomic E-state index is 13.1. The van der Waals surface area contributed by atoms with Crippen LogP contribution in [0.25, 0.3) is 0 Å². The van der Waals surface area contributed by atoms with Gasteiger partial charge in [0, 0.05) is 19.1 Å². The lowest BCUT2D eigenvalue weighted by Crippen LogP contribution is -2.42. The summed E-state index contributed by atoms with van der Waals surface area (Å²) >= 11 is 0. The Morgan fingerprint density at radius 3 is 2.68 bits per heavy atom. The number of benzene rings is 1. The molecule has 1 aromatic rings. The minimum Gasteiger partial charge on any atom is -0.342 e. The monoisotopic (exact) mass is 264 g/mol. The van der Waals surface area contributed by atoms with Gasteiger partial charge in [0.25, 0.3) is 0 Å². The van der Waals surface area contributed by atoms with Crippen LogP contribution in [0.1, 0.15) is 31.2 Å². The van der Waals surface area contributed by atoms with E-state index < -0.39 is 0 Å². The van der Waals surface area contributed by atoms with Gasteiger partial charge in [-0.2, -0.15) is 0 Å². The van der Waals surface area contributed by atoms with Crippen molar-refractivity contribution < 1.29 is 9.18 Å². The topological polar surface area (TPSA) is 46.3 Å². The summed E-state index contributed by atoms with van der Waals surface area (Å²) in [4.78, 5) is 14.0. The van der Waals surface area contributed by atoms with Crippen molar-refractivity contribution in [3.05, 3.63) is 35.6 Å². The van der Waals surface area contributed by atoms with Crippen LogP contribution in [0.3, 0.4) is 0 Å². The van der Waals surface area contributed by atoms with E-state index in [0.717, 1.165) is 31.2 Å². The van der Waals surface area contributed by atoms with Crippen LogP contribution in [-0.2, 0) is 11.2 Å². The number of hydrogen-bond acceptors (Lipinski definition) is 2. The van der Waals surface area contributed by atoms with Gasteiger partial charge in [0.05, 0.1) is 6.42 Å². The first kappa shape index (κ1) is 14.0. The van der Waals surface area contributed by atoms with Gasteiger partial charge in [-0.25, -0.2) is 4.39 Å². The summed E-state index contributed by atoms with van der Waals surface area (Å²) in [6.07, 6.45) is 4.14. The van der Waals surface area contributed by atoms with Gasteiger partial charge < -0.3 is 10.6 Å². The average Bonchev–Trinajstić information content (AvgIpc) is 2.39. The molecule has 1 amide bonds. The van der Waals surface area contributed by atoms with Crippen molar-refractivity contribution in [2.75, 3.05) is 7.05 Å². The van der Waals surface area contributed by atoms with Gasteiger partial charge in [0.1, 0.15) is 5.82 Å². The average molecular weight is 264 g/mol. The van der Waals surface area contributed by atoms with Gasteiger partial charge in [0.15, 0.2) is 0 Å². The maximum Gasteiger partial charge on any atom is 0.226 e. The fourth-order valence-corrected chi connectivity index (χ4v) is 2.64. The Labute approximate surface area is 113 Å². The van der Waals surface area contributed by atoms with Crippen molar-refractivity contribution >= 4 is 5.91 Å². The first-order valence-electron chi connectivity index (χ1n) is 6.82. The lowest BCUT2D eigenvalue weighted by Gasteiger charge is -2.33. The molecule has 0 bridgehead atoms. The highest BCUT2D eigenvalue weighted by Gasteiger charge is 2.24. The molecule has 2 rings (SSSR count). The lowest BCUT2D eigenvalue weighted by atomic mass is 9.91. The van der Waals surface area contributed by atoms with Crippen molar-refractivity contribution in [1.82, 2.24) is 4.90 Å². The Morgan fingerprint density at radius 1 is 1.37 bits per heavy atom. The standard InChI is InChI=1S/C15H21FN2O/c1-18(14-7-5-13(17)6-8-14)15(19)10-11-3-2-4-12(16)9-11/h2-4,9,13-14H,5-8,10,17H2,1H3. The number of amides is 1. The minimum atomic E-state index is -0.295. The first-order chi connectivity index (χ1) is 9.06. The zero-order valence-electron chi connectivity index (χ0n) is 11.3. The molecule has 0 spiro atoms. The molecule has 0 saturated heterocycles. The molecular formula is C15H21FN2O. The van der Waals surface area contributed by atoms with E-state index in [1.54, 1.807) is 17.0 Å². The lowest BCUT2D eigenvalue weighted by molar-refractivity contribution is -0.131. The summed E-state index contributed by atoms with van der Waals surface area (Å²) in [5, 5.41) is 0. The summed E-state index contributed by atoms with van der Waals surface area (Å²) in [7, 11) is 1.84. The molecular weight excluding hydrogens is 243 g/mol. The third kappa shape index (κ3) is 3.77. The van der Waals surface area contributed by atoms with E-state index in [0.29, 0.717) is 0 Å². The van der Waals surface area contributed by atoms with Crippen LogP contribution >= 0.6 is 0 Å². The molecule has 0 aliphatic heterocycles. The predicted molar refractivity (Wildman–Crippen MR) is 73.1 cm³/mol. The summed E-state index contributed by atoms with van der Waals surface area (Å²) in [5.41, 5.74) is 6.59. The number of carbonyl (C=O) groups is 1. The fourth-order valence-electron chi connectivity index (χ4n) is 2.64. The molecule has 1 aliphatic carbocycles. The Balaban J connectivity index is 1.92. The quantitative estimate of drug-likeness (QED) is 0.908. The molecule has 1 aliphatic rings. The molecule has 0 heterocycles. The second-order valence-corrected chi connectivity index (χ2v) is 5.38. The van der Waals surface area contributed by atoms with Crippen LogP contribution in [0.4, 0.5) is 4.39 Å². The summed E-state index contributed by atoms with van der Waals surface area (Å²) < 4.78 is 13.1. The largest absolute Gasteiger partial charge is 0.342 e. The number of likely N-dealkylation sites (N-methyl/N-ethyl adjacent to an activating group) is 1. The third-order valence-corrected chi connectivity index (χ3v) is 3.93. The van der Waals surface area contributed by atoms with E-state index in [2.05, 4.69) is 0 Å². The van der Waals surface area contributed by atoms with Gasteiger partial charge >= 0.3 is 0 Å². The molecule has 1 aromatic carbocycles. The van der Waals surface area contributed by atoms with Gasteiger partial charge in [-0.1, -0.05) is 12.1 Å². The van der Waals surface area contributed by atoms with Crippen LogP contribution in [-0.4, -0.2) is 29.9 Å². The second-order valence-electron chi connectivity index (χ2n) is 5.38. The first-order valence-corrected chi connectivity index (χ1v) is 6.82. The fraction of sp³-hybridized carbons (Fsp3) is 0.533. The second kappa shape index (κ2) is 6.15. The Hall–Kier alpha value is -1.42. The third-order valence-electron chi connectivity index (χ3n) is 3.93. The maximum absolute atomic E-state index is 13.1. The molecule has 1 saturated carbocycles. The number of hydrogen-bond donors (Lipinski definition) is 1. The van der Waals surface area contributed by atoms with Crippen LogP contribution in [0.15, 0.2) is 24.3 Å². The number of halogens is 1. The molecule has 4 heteroatoms. The molecule has 104 valence electrons. The zero-order valence-corrected chi connectivity index (χ0v) is 11.3. The normalized spacial score (nSPS) is 23.1.